The Kier molecular flexibility index (Phi) is 5.78. The summed E-state index contributed by atoms with van der Waals surface area (Å²) in [6.07, 6.45) is -2.02. The van der Waals surface area contributed by atoms with Gasteiger partial charge in [-0.3, -0.25) is 14.6 Å². The molecule has 1 fully saturated rings. The van der Waals surface area contributed by atoms with Gasteiger partial charge in [-0.15, -0.1) is 0 Å². The molecule has 0 saturated carbocycles. The first kappa shape index (κ1) is 16.1. The van der Waals surface area contributed by atoms with Gasteiger partial charge in [-0.1, -0.05) is 30.3 Å². The van der Waals surface area contributed by atoms with Gasteiger partial charge in [0.2, 0.25) is 5.91 Å². The molecule has 1 amide bonds. The lowest BCUT2D eigenvalue weighted by atomic mass is 10.1. The minimum atomic E-state index is -2.67. The second kappa shape index (κ2) is 11.1. The van der Waals surface area contributed by atoms with E-state index in [4.69, 9.17) is 17.7 Å². The number of β-amino-alcohol motifs (C(OH)–C–C–N with tert-alkyl or cyclic N) is 1. The van der Waals surface area contributed by atoms with Crippen molar-refractivity contribution in [3.63, 3.8) is 0 Å². The number of aliphatic hydroxyl groups is 1. The molecule has 1 atom stereocenters. The molecule has 0 spiro atoms. The van der Waals surface area contributed by atoms with E-state index in [1.54, 1.807) is 17.0 Å². The Morgan fingerprint density at radius 2 is 1.77 bits per heavy atom. The monoisotopic (exact) mass is 433 g/mol. The van der Waals surface area contributed by atoms with Crippen LogP contribution in [0.4, 0.5) is 5.69 Å². The number of carbonyl (C=O) groups excluding carboxylic acids is 1. The minimum Gasteiger partial charge on any atom is -0.493 e. The van der Waals surface area contributed by atoms with E-state index in [1.165, 1.54) is 17.0 Å². The van der Waals surface area contributed by atoms with Crippen LogP contribution in [0.3, 0.4) is 0 Å². The number of piperazine rings is 1. The number of ether oxygens (including phenoxy) is 2. The summed E-state index contributed by atoms with van der Waals surface area (Å²) < 4.78 is 57.3. The van der Waals surface area contributed by atoms with Gasteiger partial charge in [-0.05, 0) is 37.1 Å². The number of carbonyl (C=O) groups is 1. The summed E-state index contributed by atoms with van der Waals surface area (Å²) in [4.78, 5) is 16.0. The van der Waals surface area contributed by atoms with Crippen LogP contribution in [0, 0.1) is 13.8 Å². The summed E-state index contributed by atoms with van der Waals surface area (Å²) in [7, 11) is -2.67. The Labute approximate surface area is 193 Å². The zero-order valence-corrected chi connectivity index (χ0v) is 17.9. The summed E-state index contributed by atoms with van der Waals surface area (Å²) in [6, 6.07) is 11.7. The molecule has 168 valence electrons. The van der Waals surface area contributed by atoms with Crippen LogP contribution in [0.1, 0.15) is 19.4 Å². The topological polar surface area (TPSA) is 74.3 Å². The van der Waals surface area contributed by atoms with Crippen molar-refractivity contribution in [1.82, 2.24) is 9.80 Å². The first-order valence-electron chi connectivity index (χ1n) is 13.2. The van der Waals surface area contributed by atoms with Gasteiger partial charge in [0.1, 0.15) is 12.7 Å². The number of hydrogen-bond donors (Lipinski definition) is 2. The molecule has 31 heavy (non-hydrogen) atoms. The lowest BCUT2D eigenvalue weighted by Crippen LogP contribution is -2.50. The summed E-state index contributed by atoms with van der Waals surface area (Å²) in [6.45, 7) is 2.04. The third-order valence-corrected chi connectivity index (χ3v) is 5.11. The van der Waals surface area contributed by atoms with Crippen LogP contribution in [0.5, 0.6) is 11.5 Å². The molecule has 7 heteroatoms. The van der Waals surface area contributed by atoms with Crippen LogP contribution in [-0.2, 0) is 4.79 Å². The Morgan fingerprint density at radius 3 is 2.45 bits per heavy atom. The molecule has 1 heterocycles. The van der Waals surface area contributed by atoms with Crippen molar-refractivity contribution in [1.29, 1.82) is 0 Å². The first-order valence-corrected chi connectivity index (χ1v) is 10.2. The van der Waals surface area contributed by atoms with Gasteiger partial charge in [-0.2, -0.15) is 0 Å². The van der Waals surface area contributed by atoms with E-state index in [1.807, 2.05) is 32.0 Å². The van der Waals surface area contributed by atoms with E-state index in [2.05, 4.69) is 5.32 Å². The number of methoxy groups -OCH3 is 1. The van der Waals surface area contributed by atoms with Gasteiger partial charge in [0.05, 0.1) is 21.8 Å². The number of nitrogens with zero attached hydrogens (tertiary/aromatic N) is 2. The van der Waals surface area contributed by atoms with Crippen molar-refractivity contribution >= 4 is 11.6 Å². The van der Waals surface area contributed by atoms with Crippen molar-refractivity contribution in [3.8, 4) is 11.5 Å². The highest BCUT2D eigenvalue weighted by Gasteiger charge is 2.21. The zero-order chi connectivity index (χ0) is 27.4. The molecule has 7 nitrogen and oxygen atoms in total. The molecule has 1 unspecified atom stereocenters. The number of benzene rings is 2. The highest BCUT2D eigenvalue weighted by Crippen LogP contribution is 2.25. The standard InChI is InChI=1S/C24H33N3O4/c1-18-7-6-8-19(2)24(18)25-23(29)16-27-13-11-26(12-14-27)15-20(28)17-31-22-10-5-4-9-21(22)30-3/h4-10,20,28H,11-17H2,1-3H3,(H,25,29)/i3D3,16D2,20D. The normalized spacial score (nSPS) is 20.7. The van der Waals surface area contributed by atoms with Crippen molar-refractivity contribution in [3.05, 3.63) is 53.6 Å². The number of amides is 1. The second-order valence-electron chi connectivity index (χ2n) is 7.50. The average molecular weight is 434 g/mol. The minimum absolute atomic E-state index is 0.0201. The average Bonchev–Trinajstić information content (AvgIpc) is 2.80. The van der Waals surface area contributed by atoms with Crippen LogP contribution in [0.25, 0.3) is 0 Å². The van der Waals surface area contributed by atoms with E-state index in [0.717, 1.165) is 11.1 Å². The molecular formula is C24H33N3O4. The third kappa shape index (κ3) is 6.69. The predicted molar refractivity (Wildman–Crippen MR) is 122 cm³/mol. The summed E-state index contributed by atoms with van der Waals surface area (Å²) in [5, 5.41) is 13.3. The fraction of sp³-hybridized carbons (Fsp3) is 0.458. The summed E-state index contributed by atoms with van der Waals surface area (Å²) in [5.74, 6) is -0.674. The van der Waals surface area contributed by atoms with Gasteiger partial charge < -0.3 is 19.9 Å². The Morgan fingerprint density at radius 1 is 1.13 bits per heavy atom. The molecule has 2 aromatic carbocycles. The second-order valence-corrected chi connectivity index (χ2v) is 7.50. The molecule has 3 rings (SSSR count). The van der Waals surface area contributed by atoms with Gasteiger partial charge in [-0.25, -0.2) is 0 Å². The first-order chi connectivity index (χ1) is 17.2. The van der Waals surface area contributed by atoms with Crippen LogP contribution in [0.15, 0.2) is 42.5 Å². The smallest absolute Gasteiger partial charge is 0.238 e. The lowest BCUT2D eigenvalue weighted by molar-refractivity contribution is -0.117. The van der Waals surface area contributed by atoms with Crippen LogP contribution >= 0.6 is 0 Å². The maximum atomic E-state index is 12.8. The van der Waals surface area contributed by atoms with Gasteiger partial charge in [0, 0.05) is 38.4 Å². The van der Waals surface area contributed by atoms with E-state index in [0.29, 0.717) is 18.8 Å². The fourth-order valence-corrected chi connectivity index (χ4v) is 3.43. The van der Waals surface area contributed by atoms with Crippen LogP contribution < -0.4 is 14.8 Å². The van der Waals surface area contributed by atoms with Crippen molar-refractivity contribution in [2.45, 2.75) is 19.9 Å². The van der Waals surface area contributed by atoms with E-state index in [9.17, 15) is 9.90 Å². The largest absolute Gasteiger partial charge is 0.493 e. The third-order valence-electron chi connectivity index (χ3n) is 5.11. The molecule has 1 saturated heterocycles. The van der Waals surface area contributed by atoms with E-state index >= 15 is 0 Å². The van der Waals surface area contributed by atoms with Crippen molar-refractivity contribution in [2.75, 3.05) is 58.2 Å². The molecule has 0 aliphatic carbocycles. The van der Waals surface area contributed by atoms with E-state index in [-0.39, 0.29) is 31.1 Å². The highest BCUT2D eigenvalue weighted by molar-refractivity contribution is 5.93. The lowest BCUT2D eigenvalue weighted by Gasteiger charge is -2.35. The van der Waals surface area contributed by atoms with Gasteiger partial charge >= 0.3 is 0 Å². The molecular weight excluding hydrogens is 394 g/mol. The molecule has 0 aromatic heterocycles. The molecule has 1 aliphatic rings. The number of anilines is 1. The zero-order valence-electron chi connectivity index (χ0n) is 23.9. The SMILES string of the molecule is [2H]C(O)(COc1ccccc1OC([2H])([2H])[2H])CN1CCN(C([2H])([2H])C(=O)Nc2c(C)cccc2C)CC1. The summed E-state index contributed by atoms with van der Waals surface area (Å²) in [5.41, 5.74) is 2.29. The van der Waals surface area contributed by atoms with Gasteiger partial charge in [0.25, 0.3) is 0 Å². The number of rotatable bonds is 9. The maximum absolute atomic E-state index is 12.8. The fourth-order valence-electron chi connectivity index (χ4n) is 3.43. The highest BCUT2D eigenvalue weighted by atomic mass is 16.5. The van der Waals surface area contributed by atoms with Crippen LogP contribution in [0.2, 0.25) is 0 Å². The quantitative estimate of drug-likeness (QED) is 0.632. The number of hydrogen-bond acceptors (Lipinski definition) is 6. The summed E-state index contributed by atoms with van der Waals surface area (Å²) >= 11 is 0. The van der Waals surface area contributed by atoms with Crippen molar-refractivity contribution < 1.29 is 27.6 Å². The molecule has 0 bridgehead atoms. The van der Waals surface area contributed by atoms with Gasteiger partial charge in [0.15, 0.2) is 11.5 Å². The Bertz CT molecular complexity index is 1070. The van der Waals surface area contributed by atoms with Crippen LogP contribution in [-0.4, -0.2) is 79.8 Å². The predicted octanol–water partition coefficient (Wildman–Crippen LogP) is 2.31. The Balaban J connectivity index is 1.53. The molecule has 2 N–H and O–H groups in total. The number of para-hydroxylation sites is 3. The molecule has 1 aliphatic heterocycles. The van der Waals surface area contributed by atoms with E-state index < -0.39 is 32.1 Å². The van der Waals surface area contributed by atoms with Crippen molar-refractivity contribution in [2.24, 2.45) is 0 Å². The molecule has 2 aromatic rings. The maximum Gasteiger partial charge on any atom is 0.238 e. The number of nitrogens with one attached hydrogen (secondary N) is 1. The number of aryl methyl sites for hydroxylation is 2. The Hall–Kier alpha value is -2.61. The molecule has 0 radical (unpaired) electrons.